The molecule has 0 atom stereocenters. The highest BCUT2D eigenvalue weighted by molar-refractivity contribution is 14.1. The van der Waals surface area contributed by atoms with E-state index in [0.717, 1.165) is 9.26 Å². The fourth-order valence-corrected chi connectivity index (χ4v) is 1.85. The molecule has 70 valence electrons. The molecule has 0 aliphatic carbocycles. The first-order valence-corrected chi connectivity index (χ1v) is 5.95. The zero-order valence-corrected chi connectivity index (χ0v) is 10.8. The van der Waals surface area contributed by atoms with E-state index in [1.807, 2.05) is 25.1 Å². The predicted molar refractivity (Wildman–Crippen MR) is 66.3 cm³/mol. The van der Waals surface area contributed by atoms with Gasteiger partial charge in [0.1, 0.15) is 0 Å². The third kappa shape index (κ3) is 3.27. The van der Waals surface area contributed by atoms with Crippen molar-refractivity contribution in [1.82, 2.24) is 0 Å². The lowest BCUT2D eigenvalue weighted by Crippen LogP contribution is -2.13. The van der Waals surface area contributed by atoms with Crippen molar-refractivity contribution < 1.29 is 4.79 Å². The molecule has 0 heterocycles. The quantitative estimate of drug-likeness (QED) is 0.642. The number of amides is 1. The maximum absolute atomic E-state index is 11.1. The Bertz CT molecular complexity index is 327. The van der Waals surface area contributed by atoms with Crippen molar-refractivity contribution in [2.45, 2.75) is 6.92 Å². The van der Waals surface area contributed by atoms with E-state index < -0.39 is 0 Å². The third-order valence-electron chi connectivity index (χ3n) is 1.52. The summed E-state index contributed by atoms with van der Waals surface area (Å²) in [6.45, 7) is 2.03. The number of aryl methyl sites for hydroxylation is 1. The van der Waals surface area contributed by atoms with E-state index in [1.54, 1.807) is 0 Å². The van der Waals surface area contributed by atoms with Crippen molar-refractivity contribution in [3.05, 3.63) is 27.3 Å². The molecule has 0 unspecified atom stereocenters. The first-order chi connectivity index (χ1) is 6.13. The van der Waals surface area contributed by atoms with Crippen molar-refractivity contribution in [3.8, 4) is 0 Å². The number of rotatable bonds is 2. The van der Waals surface area contributed by atoms with Gasteiger partial charge in [0, 0.05) is 3.57 Å². The summed E-state index contributed by atoms with van der Waals surface area (Å²) in [4.78, 5) is 11.1. The molecule has 1 aromatic carbocycles. The van der Waals surface area contributed by atoms with Crippen LogP contribution in [0.3, 0.4) is 0 Å². The van der Waals surface area contributed by atoms with Crippen LogP contribution in [0.25, 0.3) is 0 Å². The molecule has 1 N–H and O–H groups in total. The van der Waals surface area contributed by atoms with Gasteiger partial charge in [-0.15, -0.1) is 0 Å². The lowest BCUT2D eigenvalue weighted by atomic mass is 10.2. The summed E-state index contributed by atoms with van der Waals surface area (Å²) in [7, 11) is 0. The molecule has 0 radical (unpaired) electrons. The minimum Gasteiger partial charge on any atom is -0.324 e. The lowest BCUT2D eigenvalue weighted by Gasteiger charge is -2.05. The molecule has 1 amide bonds. The number of hydrogen-bond acceptors (Lipinski definition) is 1. The number of nitrogens with one attached hydrogen (secondary N) is 1. The maximum atomic E-state index is 11.1. The highest BCUT2D eigenvalue weighted by Crippen LogP contribution is 2.19. The number of carbonyl (C=O) groups is 1. The number of benzene rings is 1. The van der Waals surface area contributed by atoms with Gasteiger partial charge in [0.25, 0.3) is 0 Å². The number of halogens is 2. The second-order valence-electron chi connectivity index (χ2n) is 2.67. The summed E-state index contributed by atoms with van der Waals surface area (Å²) < 4.78 is 1.06. The Morgan fingerprint density at radius 3 is 2.85 bits per heavy atom. The second-order valence-corrected chi connectivity index (χ2v) is 4.39. The molecule has 0 aromatic heterocycles. The summed E-state index contributed by atoms with van der Waals surface area (Å²) in [6.07, 6.45) is 0. The van der Waals surface area contributed by atoms with E-state index >= 15 is 0 Å². The van der Waals surface area contributed by atoms with E-state index in [9.17, 15) is 4.79 Å². The molecular weight excluding hydrogens is 345 g/mol. The molecular formula is C9H9BrINO. The summed E-state index contributed by atoms with van der Waals surface area (Å²) in [5.41, 5.74) is 2.07. The predicted octanol–water partition coefficient (Wildman–Crippen LogP) is 2.93. The van der Waals surface area contributed by atoms with Crippen molar-refractivity contribution in [2.75, 3.05) is 10.6 Å². The van der Waals surface area contributed by atoms with Crippen LogP contribution in [0.5, 0.6) is 0 Å². The zero-order chi connectivity index (χ0) is 9.84. The Morgan fingerprint density at radius 1 is 1.62 bits per heavy atom. The number of anilines is 1. The van der Waals surface area contributed by atoms with Gasteiger partial charge in [-0.1, -0.05) is 22.0 Å². The van der Waals surface area contributed by atoms with E-state index in [0.29, 0.717) is 5.33 Å². The van der Waals surface area contributed by atoms with Crippen LogP contribution in [0.15, 0.2) is 18.2 Å². The molecule has 0 saturated carbocycles. The van der Waals surface area contributed by atoms with Crippen molar-refractivity contribution in [2.24, 2.45) is 0 Å². The molecule has 13 heavy (non-hydrogen) atoms. The SMILES string of the molecule is Cc1ccc(NC(=O)CBr)c(I)c1. The fourth-order valence-electron chi connectivity index (χ4n) is 0.905. The van der Waals surface area contributed by atoms with Gasteiger partial charge < -0.3 is 5.32 Å². The van der Waals surface area contributed by atoms with Crippen LogP contribution in [0.2, 0.25) is 0 Å². The molecule has 4 heteroatoms. The molecule has 0 fully saturated rings. The first kappa shape index (κ1) is 11.0. The highest BCUT2D eigenvalue weighted by Gasteiger charge is 2.03. The zero-order valence-electron chi connectivity index (χ0n) is 7.10. The van der Waals surface area contributed by atoms with E-state index in [1.165, 1.54) is 5.56 Å². The van der Waals surface area contributed by atoms with Crippen LogP contribution in [0.4, 0.5) is 5.69 Å². The van der Waals surface area contributed by atoms with E-state index in [-0.39, 0.29) is 5.91 Å². The average molecular weight is 354 g/mol. The van der Waals surface area contributed by atoms with Gasteiger partial charge in [0.05, 0.1) is 11.0 Å². The topological polar surface area (TPSA) is 29.1 Å². The monoisotopic (exact) mass is 353 g/mol. The summed E-state index contributed by atoms with van der Waals surface area (Å²) in [5, 5.41) is 3.12. The molecule has 0 spiro atoms. The molecule has 0 aliphatic heterocycles. The van der Waals surface area contributed by atoms with Gasteiger partial charge >= 0.3 is 0 Å². The number of hydrogen-bond donors (Lipinski definition) is 1. The average Bonchev–Trinajstić information content (AvgIpc) is 2.09. The van der Waals surface area contributed by atoms with Crippen LogP contribution >= 0.6 is 38.5 Å². The van der Waals surface area contributed by atoms with Gasteiger partial charge in [-0.3, -0.25) is 4.79 Å². The van der Waals surface area contributed by atoms with Crippen molar-refractivity contribution >= 4 is 50.1 Å². The second kappa shape index (κ2) is 4.95. The Morgan fingerprint density at radius 2 is 2.31 bits per heavy atom. The normalized spacial score (nSPS) is 9.77. The molecule has 0 aliphatic rings. The van der Waals surface area contributed by atoms with Crippen LogP contribution in [-0.4, -0.2) is 11.2 Å². The lowest BCUT2D eigenvalue weighted by molar-refractivity contribution is -0.113. The smallest absolute Gasteiger partial charge is 0.235 e. The Labute approximate surface area is 99.4 Å². The van der Waals surface area contributed by atoms with Gasteiger partial charge in [-0.2, -0.15) is 0 Å². The Kier molecular flexibility index (Phi) is 4.18. The molecule has 0 bridgehead atoms. The molecule has 1 aromatic rings. The third-order valence-corrected chi connectivity index (χ3v) is 2.92. The van der Waals surface area contributed by atoms with Crippen molar-refractivity contribution in [1.29, 1.82) is 0 Å². The van der Waals surface area contributed by atoms with Crippen LogP contribution in [0.1, 0.15) is 5.56 Å². The van der Waals surface area contributed by atoms with Crippen molar-refractivity contribution in [3.63, 3.8) is 0 Å². The summed E-state index contributed by atoms with van der Waals surface area (Å²) in [6, 6.07) is 5.92. The summed E-state index contributed by atoms with van der Waals surface area (Å²) >= 11 is 5.30. The standard InChI is InChI=1S/C9H9BrINO/c1-6-2-3-8(7(11)4-6)12-9(13)5-10/h2-4H,5H2,1H3,(H,12,13). The highest BCUT2D eigenvalue weighted by atomic mass is 127. The Hall–Kier alpha value is -0.100. The van der Waals surface area contributed by atoms with Crippen LogP contribution < -0.4 is 5.32 Å². The van der Waals surface area contributed by atoms with Gasteiger partial charge in [0.15, 0.2) is 0 Å². The Balaban J connectivity index is 2.83. The first-order valence-electron chi connectivity index (χ1n) is 3.75. The van der Waals surface area contributed by atoms with Gasteiger partial charge in [-0.05, 0) is 47.2 Å². The molecule has 1 rings (SSSR count). The molecule has 0 saturated heterocycles. The number of carbonyl (C=O) groups excluding carboxylic acids is 1. The largest absolute Gasteiger partial charge is 0.324 e. The van der Waals surface area contributed by atoms with E-state index in [4.69, 9.17) is 0 Å². The van der Waals surface area contributed by atoms with Crippen LogP contribution in [0, 0.1) is 10.5 Å². The van der Waals surface area contributed by atoms with Gasteiger partial charge in [-0.25, -0.2) is 0 Å². The van der Waals surface area contributed by atoms with Gasteiger partial charge in [0.2, 0.25) is 5.91 Å². The minimum atomic E-state index is -0.0261. The molecule has 2 nitrogen and oxygen atoms in total. The number of alkyl halides is 1. The van der Waals surface area contributed by atoms with Crippen LogP contribution in [-0.2, 0) is 4.79 Å². The maximum Gasteiger partial charge on any atom is 0.235 e. The summed E-state index contributed by atoms with van der Waals surface area (Å²) in [5.74, 6) is -0.0261. The minimum absolute atomic E-state index is 0.0261. The van der Waals surface area contributed by atoms with E-state index in [2.05, 4.69) is 43.8 Å². The fraction of sp³-hybridized carbons (Fsp3) is 0.222.